The van der Waals surface area contributed by atoms with E-state index in [4.69, 9.17) is 5.73 Å². The molecule has 3 heteroatoms. The van der Waals surface area contributed by atoms with E-state index < -0.39 is 0 Å². The third-order valence-electron chi connectivity index (χ3n) is 3.03. The van der Waals surface area contributed by atoms with E-state index in [0.717, 1.165) is 33.7 Å². The zero-order valence-corrected chi connectivity index (χ0v) is 10.7. The smallest absolute Gasteiger partial charge is 0.0727 e. The number of nitrogens with one attached hydrogen (secondary N) is 1. The van der Waals surface area contributed by atoms with Crippen LogP contribution in [-0.4, -0.2) is 4.98 Å². The zero-order valence-electron chi connectivity index (χ0n) is 10.7. The Kier molecular flexibility index (Phi) is 2.80. The molecule has 0 radical (unpaired) electrons. The van der Waals surface area contributed by atoms with Crippen LogP contribution < -0.4 is 11.1 Å². The van der Waals surface area contributed by atoms with Crippen LogP contribution in [0.3, 0.4) is 0 Å². The minimum Gasteiger partial charge on any atom is -0.398 e. The molecule has 94 valence electrons. The molecule has 0 unspecified atom stereocenters. The highest BCUT2D eigenvalue weighted by Gasteiger charge is 2.03. The average Bonchev–Trinajstić information content (AvgIpc) is 2.40. The van der Waals surface area contributed by atoms with Crippen molar-refractivity contribution in [2.75, 3.05) is 11.1 Å². The molecule has 3 rings (SSSR count). The van der Waals surface area contributed by atoms with E-state index in [2.05, 4.69) is 10.3 Å². The maximum absolute atomic E-state index is 6.05. The van der Waals surface area contributed by atoms with Gasteiger partial charge in [0.2, 0.25) is 0 Å². The van der Waals surface area contributed by atoms with Crippen molar-refractivity contribution in [2.24, 2.45) is 0 Å². The molecule has 0 amide bonds. The van der Waals surface area contributed by atoms with Gasteiger partial charge in [0.15, 0.2) is 0 Å². The standard InChI is InChI=1S/C16H15N3/c1-11-9-15(17)14-10-13(7-8-16(14)18-11)19-12-5-3-2-4-6-12/h2-10,19H,1H3,(H2,17,18). The quantitative estimate of drug-likeness (QED) is 0.725. The summed E-state index contributed by atoms with van der Waals surface area (Å²) in [6.07, 6.45) is 0. The van der Waals surface area contributed by atoms with Gasteiger partial charge in [-0.1, -0.05) is 18.2 Å². The van der Waals surface area contributed by atoms with Gasteiger partial charge in [-0.15, -0.1) is 0 Å². The van der Waals surface area contributed by atoms with E-state index in [9.17, 15) is 0 Å². The fourth-order valence-corrected chi connectivity index (χ4v) is 2.16. The average molecular weight is 249 g/mol. The van der Waals surface area contributed by atoms with Crippen molar-refractivity contribution in [3.63, 3.8) is 0 Å². The lowest BCUT2D eigenvalue weighted by Crippen LogP contribution is -1.94. The first-order chi connectivity index (χ1) is 9.22. The Morgan fingerprint density at radius 2 is 1.74 bits per heavy atom. The van der Waals surface area contributed by atoms with Crippen molar-refractivity contribution in [2.45, 2.75) is 6.92 Å². The Morgan fingerprint density at radius 3 is 2.53 bits per heavy atom. The van der Waals surface area contributed by atoms with Crippen LogP contribution in [0.1, 0.15) is 5.69 Å². The largest absolute Gasteiger partial charge is 0.398 e. The van der Waals surface area contributed by atoms with E-state index in [1.165, 1.54) is 0 Å². The number of nitrogen functional groups attached to an aromatic ring is 1. The van der Waals surface area contributed by atoms with Crippen molar-refractivity contribution < 1.29 is 0 Å². The lowest BCUT2D eigenvalue weighted by molar-refractivity contribution is 1.26. The highest BCUT2D eigenvalue weighted by atomic mass is 14.9. The molecule has 0 fully saturated rings. The Morgan fingerprint density at radius 1 is 0.947 bits per heavy atom. The van der Waals surface area contributed by atoms with Crippen LogP contribution in [0.5, 0.6) is 0 Å². The van der Waals surface area contributed by atoms with Crippen molar-refractivity contribution in [1.82, 2.24) is 4.98 Å². The molecule has 0 aliphatic heterocycles. The van der Waals surface area contributed by atoms with Gasteiger partial charge in [-0.3, -0.25) is 4.98 Å². The van der Waals surface area contributed by atoms with Crippen molar-refractivity contribution in [3.8, 4) is 0 Å². The number of nitrogens with zero attached hydrogens (tertiary/aromatic N) is 1. The lowest BCUT2D eigenvalue weighted by Gasteiger charge is -2.09. The summed E-state index contributed by atoms with van der Waals surface area (Å²) in [5.74, 6) is 0. The predicted molar refractivity (Wildman–Crippen MR) is 80.6 cm³/mol. The first kappa shape index (κ1) is 11.5. The summed E-state index contributed by atoms with van der Waals surface area (Å²) in [4.78, 5) is 4.48. The van der Waals surface area contributed by atoms with Gasteiger partial charge in [0.25, 0.3) is 0 Å². The fourth-order valence-electron chi connectivity index (χ4n) is 2.16. The molecular weight excluding hydrogens is 234 g/mol. The number of hydrogen-bond donors (Lipinski definition) is 2. The third kappa shape index (κ3) is 2.36. The van der Waals surface area contributed by atoms with Gasteiger partial charge in [0.1, 0.15) is 0 Å². The molecule has 0 aliphatic carbocycles. The minimum absolute atomic E-state index is 0.763. The topological polar surface area (TPSA) is 50.9 Å². The molecule has 2 aromatic carbocycles. The second-order valence-corrected chi connectivity index (χ2v) is 4.58. The highest BCUT2D eigenvalue weighted by Crippen LogP contribution is 2.25. The van der Waals surface area contributed by atoms with Gasteiger partial charge in [0.05, 0.1) is 5.52 Å². The SMILES string of the molecule is Cc1cc(N)c2cc(Nc3ccccc3)ccc2n1. The van der Waals surface area contributed by atoms with Gasteiger partial charge in [-0.05, 0) is 43.3 Å². The van der Waals surface area contributed by atoms with Crippen molar-refractivity contribution >= 4 is 28.0 Å². The fraction of sp³-hybridized carbons (Fsp3) is 0.0625. The van der Waals surface area contributed by atoms with Crippen molar-refractivity contribution in [1.29, 1.82) is 0 Å². The van der Waals surface area contributed by atoms with E-state index in [0.29, 0.717) is 0 Å². The molecule has 3 N–H and O–H groups in total. The monoisotopic (exact) mass is 249 g/mol. The molecule has 0 saturated heterocycles. The normalized spacial score (nSPS) is 10.6. The first-order valence-corrected chi connectivity index (χ1v) is 6.21. The van der Waals surface area contributed by atoms with Gasteiger partial charge >= 0.3 is 0 Å². The zero-order chi connectivity index (χ0) is 13.2. The second-order valence-electron chi connectivity index (χ2n) is 4.58. The van der Waals surface area contributed by atoms with Crippen LogP contribution in [-0.2, 0) is 0 Å². The number of para-hydroxylation sites is 1. The molecule has 1 aromatic heterocycles. The second kappa shape index (κ2) is 4.61. The lowest BCUT2D eigenvalue weighted by atomic mass is 10.1. The molecule has 0 saturated carbocycles. The molecule has 1 heterocycles. The summed E-state index contributed by atoms with van der Waals surface area (Å²) >= 11 is 0. The summed E-state index contributed by atoms with van der Waals surface area (Å²) in [7, 11) is 0. The van der Waals surface area contributed by atoms with Crippen LogP contribution in [0.2, 0.25) is 0 Å². The molecule has 0 atom stereocenters. The number of benzene rings is 2. The first-order valence-electron chi connectivity index (χ1n) is 6.21. The van der Waals surface area contributed by atoms with Gasteiger partial charge in [-0.2, -0.15) is 0 Å². The summed E-state index contributed by atoms with van der Waals surface area (Å²) < 4.78 is 0. The predicted octanol–water partition coefficient (Wildman–Crippen LogP) is 3.87. The molecule has 3 nitrogen and oxygen atoms in total. The number of aryl methyl sites for hydroxylation is 1. The number of nitrogens with two attached hydrogens (primary N) is 1. The Labute approximate surface area is 112 Å². The van der Waals surface area contributed by atoms with Crippen LogP contribution in [0, 0.1) is 6.92 Å². The Hall–Kier alpha value is -2.55. The molecule has 3 aromatic rings. The maximum atomic E-state index is 6.05. The van der Waals surface area contributed by atoms with E-state index in [1.54, 1.807) is 0 Å². The number of rotatable bonds is 2. The maximum Gasteiger partial charge on any atom is 0.0727 e. The molecule has 19 heavy (non-hydrogen) atoms. The molecule has 0 spiro atoms. The van der Waals surface area contributed by atoms with Crippen LogP contribution >= 0.6 is 0 Å². The summed E-state index contributed by atoms with van der Waals surface area (Å²) in [6.45, 7) is 1.95. The van der Waals surface area contributed by atoms with E-state index in [1.807, 2.05) is 61.5 Å². The number of anilines is 3. The number of pyridine rings is 1. The van der Waals surface area contributed by atoms with Crippen LogP contribution in [0.25, 0.3) is 10.9 Å². The summed E-state index contributed by atoms with van der Waals surface area (Å²) in [5, 5.41) is 4.33. The number of hydrogen-bond acceptors (Lipinski definition) is 3. The number of aromatic nitrogens is 1. The van der Waals surface area contributed by atoms with Crippen LogP contribution in [0.15, 0.2) is 54.6 Å². The number of fused-ring (bicyclic) bond motifs is 1. The summed E-state index contributed by atoms with van der Waals surface area (Å²) in [6, 6.07) is 18.0. The van der Waals surface area contributed by atoms with Crippen LogP contribution in [0.4, 0.5) is 17.1 Å². The van der Waals surface area contributed by atoms with Gasteiger partial charge < -0.3 is 11.1 Å². The Bertz CT molecular complexity index is 721. The van der Waals surface area contributed by atoms with Crippen molar-refractivity contribution in [3.05, 3.63) is 60.3 Å². The molecular formula is C16H15N3. The van der Waals surface area contributed by atoms with Gasteiger partial charge in [-0.25, -0.2) is 0 Å². The van der Waals surface area contributed by atoms with E-state index in [-0.39, 0.29) is 0 Å². The van der Waals surface area contributed by atoms with E-state index >= 15 is 0 Å². The minimum atomic E-state index is 0.763. The Balaban J connectivity index is 2.02. The molecule has 0 aliphatic rings. The molecule has 0 bridgehead atoms. The third-order valence-corrected chi connectivity index (χ3v) is 3.03. The van der Waals surface area contributed by atoms with Gasteiger partial charge in [0, 0.05) is 28.1 Å². The summed E-state index contributed by atoms with van der Waals surface area (Å²) in [5.41, 5.74) is 10.7. The highest BCUT2D eigenvalue weighted by molar-refractivity contribution is 5.93.